The molecule has 0 bridgehead atoms. The Kier molecular flexibility index (Phi) is 5.07. The molecule has 5 aromatic carbocycles. The van der Waals surface area contributed by atoms with Crippen molar-refractivity contribution in [2.45, 2.75) is 0 Å². The zero-order valence-electron chi connectivity index (χ0n) is 21.5. The van der Waals surface area contributed by atoms with Crippen LogP contribution in [0.4, 0.5) is 0 Å². The van der Waals surface area contributed by atoms with E-state index in [1.807, 2.05) is 54.6 Å². The first-order valence-electron chi connectivity index (χ1n) is 13.3. The van der Waals surface area contributed by atoms with Crippen molar-refractivity contribution >= 4 is 27.8 Å². The van der Waals surface area contributed by atoms with Gasteiger partial charge in [0.15, 0.2) is 5.82 Å². The van der Waals surface area contributed by atoms with Crippen molar-refractivity contribution in [3.05, 3.63) is 140 Å². The van der Waals surface area contributed by atoms with E-state index in [9.17, 15) is 0 Å². The van der Waals surface area contributed by atoms with Crippen LogP contribution in [-0.4, -0.2) is 23.9 Å². The normalized spacial score (nSPS) is 11.5. The third-order valence-electron chi connectivity index (χ3n) is 7.36. The quantitative estimate of drug-likeness (QED) is 0.238. The van der Waals surface area contributed by atoms with Crippen LogP contribution in [0.2, 0.25) is 0 Å². The van der Waals surface area contributed by atoms with E-state index >= 15 is 0 Å². The van der Waals surface area contributed by atoms with Crippen LogP contribution in [-0.2, 0) is 0 Å². The standard InChI is InChI=1S/C35H23N5/c1-3-11-24(12-4-1)29-23-30(37-34(36-29)26-13-5-2-6-14-26)25-19-21-27(22-20-25)39-32-17-9-10-18-33(32)40-31-16-8-7-15-28(31)38-35(39)40/h1-23H. The Labute approximate surface area is 230 Å². The van der Waals surface area contributed by atoms with E-state index in [0.717, 1.165) is 61.6 Å². The highest BCUT2D eigenvalue weighted by molar-refractivity contribution is 5.92. The van der Waals surface area contributed by atoms with E-state index in [2.05, 4.69) is 93.9 Å². The molecular formula is C35H23N5. The van der Waals surface area contributed by atoms with Gasteiger partial charge in [0.1, 0.15) is 0 Å². The second-order valence-electron chi connectivity index (χ2n) is 9.80. The number of imidazole rings is 2. The first-order chi connectivity index (χ1) is 19.8. The molecule has 5 heteroatoms. The third-order valence-corrected chi connectivity index (χ3v) is 7.36. The van der Waals surface area contributed by atoms with E-state index in [1.165, 1.54) is 0 Å². The predicted molar refractivity (Wildman–Crippen MR) is 161 cm³/mol. The molecule has 0 unspecified atom stereocenters. The third kappa shape index (κ3) is 3.60. The fourth-order valence-corrected chi connectivity index (χ4v) is 5.45. The van der Waals surface area contributed by atoms with E-state index in [-0.39, 0.29) is 0 Å². The molecule has 0 aliphatic rings. The van der Waals surface area contributed by atoms with Gasteiger partial charge in [-0.05, 0) is 42.5 Å². The predicted octanol–water partition coefficient (Wildman–Crippen LogP) is 8.22. The van der Waals surface area contributed by atoms with Crippen molar-refractivity contribution < 1.29 is 0 Å². The van der Waals surface area contributed by atoms with Gasteiger partial charge in [-0.1, -0.05) is 97.1 Å². The molecule has 8 aromatic rings. The molecular weight excluding hydrogens is 490 g/mol. The van der Waals surface area contributed by atoms with E-state index in [0.29, 0.717) is 5.82 Å². The number of fused-ring (bicyclic) bond motifs is 5. The molecule has 0 fully saturated rings. The summed E-state index contributed by atoms with van der Waals surface area (Å²) in [5, 5.41) is 0. The lowest BCUT2D eigenvalue weighted by atomic mass is 10.1. The van der Waals surface area contributed by atoms with Gasteiger partial charge in [0.2, 0.25) is 5.78 Å². The highest BCUT2D eigenvalue weighted by Crippen LogP contribution is 2.31. The van der Waals surface area contributed by atoms with Gasteiger partial charge in [-0.15, -0.1) is 0 Å². The summed E-state index contributed by atoms with van der Waals surface area (Å²) in [5.74, 6) is 1.61. The van der Waals surface area contributed by atoms with Crippen molar-refractivity contribution in [1.29, 1.82) is 0 Å². The summed E-state index contributed by atoms with van der Waals surface area (Å²) < 4.78 is 4.46. The SMILES string of the molecule is c1ccc(-c2cc(-c3ccc(-n4c5ccccc5n5c6ccccc6nc45)cc3)nc(-c3ccccc3)n2)cc1. The van der Waals surface area contributed by atoms with Gasteiger partial charge in [-0.2, -0.15) is 0 Å². The molecule has 3 aromatic heterocycles. The number of rotatable bonds is 4. The molecule has 0 aliphatic carbocycles. The second kappa shape index (κ2) is 9.03. The maximum Gasteiger partial charge on any atom is 0.220 e. The van der Waals surface area contributed by atoms with Crippen LogP contribution >= 0.6 is 0 Å². The lowest BCUT2D eigenvalue weighted by Crippen LogP contribution is -1.97. The number of hydrogen-bond donors (Lipinski definition) is 0. The fraction of sp³-hybridized carbons (Fsp3) is 0. The van der Waals surface area contributed by atoms with Crippen LogP contribution in [0, 0.1) is 0 Å². The maximum atomic E-state index is 5.01. The molecule has 188 valence electrons. The van der Waals surface area contributed by atoms with Crippen LogP contribution in [0.15, 0.2) is 140 Å². The molecule has 0 N–H and O–H groups in total. The minimum absolute atomic E-state index is 0.711. The Morgan fingerprint density at radius 1 is 0.425 bits per heavy atom. The molecule has 0 radical (unpaired) electrons. The van der Waals surface area contributed by atoms with Gasteiger partial charge in [0, 0.05) is 22.4 Å². The van der Waals surface area contributed by atoms with Crippen molar-refractivity contribution in [3.63, 3.8) is 0 Å². The number of para-hydroxylation sites is 4. The number of hydrogen-bond acceptors (Lipinski definition) is 3. The maximum absolute atomic E-state index is 5.01. The van der Waals surface area contributed by atoms with Gasteiger partial charge < -0.3 is 0 Å². The van der Waals surface area contributed by atoms with E-state index < -0.39 is 0 Å². The van der Waals surface area contributed by atoms with Gasteiger partial charge in [-0.3, -0.25) is 8.97 Å². The Bertz CT molecular complexity index is 2080. The molecule has 0 atom stereocenters. The lowest BCUT2D eigenvalue weighted by molar-refractivity contribution is 1.11. The number of nitrogens with zero attached hydrogens (tertiary/aromatic N) is 5. The second-order valence-corrected chi connectivity index (χ2v) is 9.80. The molecule has 0 saturated carbocycles. The van der Waals surface area contributed by atoms with Crippen LogP contribution in [0.5, 0.6) is 0 Å². The minimum Gasteiger partial charge on any atom is -0.278 e. The summed E-state index contributed by atoms with van der Waals surface area (Å²) in [6.07, 6.45) is 0. The number of aromatic nitrogens is 5. The van der Waals surface area contributed by atoms with Crippen molar-refractivity contribution in [2.24, 2.45) is 0 Å². The smallest absolute Gasteiger partial charge is 0.220 e. The molecule has 0 aliphatic heterocycles. The molecule has 0 spiro atoms. The van der Waals surface area contributed by atoms with Crippen LogP contribution < -0.4 is 0 Å². The summed E-state index contributed by atoms with van der Waals surface area (Å²) in [6, 6.07) is 47.8. The van der Waals surface area contributed by atoms with Crippen LogP contribution in [0.3, 0.4) is 0 Å². The Morgan fingerprint density at radius 2 is 0.975 bits per heavy atom. The summed E-state index contributed by atoms with van der Waals surface area (Å²) in [4.78, 5) is 14.9. The molecule has 5 nitrogen and oxygen atoms in total. The monoisotopic (exact) mass is 513 g/mol. The first-order valence-corrected chi connectivity index (χ1v) is 13.3. The van der Waals surface area contributed by atoms with Gasteiger partial charge >= 0.3 is 0 Å². The zero-order chi connectivity index (χ0) is 26.5. The molecule has 3 heterocycles. The van der Waals surface area contributed by atoms with Gasteiger partial charge in [0.25, 0.3) is 0 Å². The largest absolute Gasteiger partial charge is 0.278 e. The molecule has 40 heavy (non-hydrogen) atoms. The van der Waals surface area contributed by atoms with Crippen molar-refractivity contribution in [3.8, 4) is 39.6 Å². The Hall–Kier alpha value is -5.55. The molecule has 0 saturated heterocycles. The van der Waals surface area contributed by atoms with Crippen LogP contribution in [0.1, 0.15) is 0 Å². The summed E-state index contributed by atoms with van der Waals surface area (Å²) >= 11 is 0. The average molecular weight is 514 g/mol. The summed E-state index contributed by atoms with van der Waals surface area (Å²) in [7, 11) is 0. The average Bonchev–Trinajstić information content (AvgIpc) is 3.56. The van der Waals surface area contributed by atoms with Gasteiger partial charge in [-0.25, -0.2) is 15.0 Å². The molecule has 8 rings (SSSR count). The molecule has 0 amide bonds. The lowest BCUT2D eigenvalue weighted by Gasteiger charge is -2.10. The number of benzene rings is 5. The Morgan fingerprint density at radius 3 is 1.68 bits per heavy atom. The minimum atomic E-state index is 0.711. The fourth-order valence-electron chi connectivity index (χ4n) is 5.45. The zero-order valence-corrected chi connectivity index (χ0v) is 21.5. The summed E-state index contributed by atoms with van der Waals surface area (Å²) in [6.45, 7) is 0. The first kappa shape index (κ1) is 22.4. The topological polar surface area (TPSA) is 48.0 Å². The van der Waals surface area contributed by atoms with Gasteiger partial charge in [0.05, 0.1) is 33.5 Å². The van der Waals surface area contributed by atoms with Crippen LogP contribution in [0.25, 0.3) is 67.4 Å². The highest BCUT2D eigenvalue weighted by atomic mass is 15.2. The Balaban J connectivity index is 1.28. The van der Waals surface area contributed by atoms with E-state index in [4.69, 9.17) is 15.0 Å². The van der Waals surface area contributed by atoms with E-state index in [1.54, 1.807) is 0 Å². The highest BCUT2D eigenvalue weighted by Gasteiger charge is 2.17. The van der Waals surface area contributed by atoms with Crippen molar-refractivity contribution in [2.75, 3.05) is 0 Å². The summed E-state index contributed by atoms with van der Waals surface area (Å²) in [5.41, 5.74) is 10.2. The van der Waals surface area contributed by atoms with Crippen molar-refractivity contribution in [1.82, 2.24) is 23.9 Å².